The maximum atomic E-state index is 12.9. The van der Waals surface area contributed by atoms with Gasteiger partial charge in [0.05, 0.1) is 30.1 Å². The Labute approximate surface area is 149 Å². The molecule has 1 amide bonds. The van der Waals surface area contributed by atoms with Crippen molar-refractivity contribution in [2.45, 2.75) is 53.1 Å². The van der Waals surface area contributed by atoms with Gasteiger partial charge in [0.15, 0.2) is 0 Å². The van der Waals surface area contributed by atoms with Crippen molar-refractivity contribution in [2.24, 2.45) is 5.92 Å². The number of carbonyl (C=O) groups excluding carboxylic acids is 1. The Kier molecular flexibility index (Phi) is 5.11. The topological polar surface area (TPSA) is 56.1 Å². The molecule has 25 heavy (non-hydrogen) atoms. The Morgan fingerprint density at radius 1 is 1.44 bits per heavy atom. The molecule has 0 aliphatic carbocycles. The normalized spacial score (nSPS) is 16.4. The van der Waals surface area contributed by atoms with Crippen LogP contribution >= 0.6 is 0 Å². The first-order valence-corrected chi connectivity index (χ1v) is 9.09. The molecule has 0 spiro atoms. The predicted molar refractivity (Wildman–Crippen MR) is 97.9 cm³/mol. The van der Waals surface area contributed by atoms with Crippen LogP contribution in [-0.2, 0) is 13.0 Å². The van der Waals surface area contributed by atoms with Gasteiger partial charge in [0.2, 0.25) is 0 Å². The highest BCUT2D eigenvalue weighted by molar-refractivity contribution is 5.95. The predicted octanol–water partition coefficient (Wildman–Crippen LogP) is 3.66. The third kappa shape index (κ3) is 3.55. The molecule has 134 valence electrons. The molecule has 3 rings (SSSR count). The summed E-state index contributed by atoms with van der Waals surface area (Å²) in [7, 11) is 0. The Balaban J connectivity index is 1.82. The van der Waals surface area contributed by atoms with Crippen molar-refractivity contribution in [2.75, 3.05) is 6.61 Å². The number of amides is 1. The van der Waals surface area contributed by atoms with Crippen LogP contribution in [0.2, 0.25) is 0 Å². The van der Waals surface area contributed by atoms with Crippen molar-refractivity contribution in [1.82, 2.24) is 15.1 Å². The third-order valence-corrected chi connectivity index (χ3v) is 4.64. The van der Waals surface area contributed by atoms with Gasteiger partial charge in [0.1, 0.15) is 5.75 Å². The van der Waals surface area contributed by atoms with Gasteiger partial charge in [-0.25, -0.2) is 0 Å². The van der Waals surface area contributed by atoms with Gasteiger partial charge in [0.25, 0.3) is 5.91 Å². The average Bonchev–Trinajstić information content (AvgIpc) is 2.97. The van der Waals surface area contributed by atoms with E-state index in [9.17, 15) is 4.79 Å². The Morgan fingerprint density at radius 3 is 2.96 bits per heavy atom. The molecule has 1 aliphatic heterocycles. The molecule has 0 unspecified atom stereocenters. The van der Waals surface area contributed by atoms with Crippen LogP contribution in [0.15, 0.2) is 24.4 Å². The van der Waals surface area contributed by atoms with Crippen LogP contribution in [-0.4, -0.2) is 22.3 Å². The van der Waals surface area contributed by atoms with E-state index in [2.05, 4.69) is 31.2 Å². The van der Waals surface area contributed by atoms with E-state index in [1.54, 1.807) is 6.20 Å². The van der Waals surface area contributed by atoms with Crippen molar-refractivity contribution in [1.29, 1.82) is 0 Å². The van der Waals surface area contributed by atoms with Crippen LogP contribution in [0.1, 0.15) is 60.4 Å². The largest absolute Gasteiger partial charge is 0.493 e. The lowest BCUT2D eigenvalue weighted by Crippen LogP contribution is -2.32. The smallest absolute Gasteiger partial charge is 0.255 e. The highest BCUT2D eigenvalue weighted by Crippen LogP contribution is 2.34. The molecule has 1 aliphatic rings. The molecule has 5 nitrogen and oxygen atoms in total. The fraction of sp³-hybridized carbons (Fsp3) is 0.500. The second-order valence-corrected chi connectivity index (χ2v) is 7.09. The minimum atomic E-state index is -0.0498. The van der Waals surface area contributed by atoms with Crippen LogP contribution < -0.4 is 10.1 Å². The van der Waals surface area contributed by atoms with Crippen molar-refractivity contribution >= 4 is 5.91 Å². The van der Waals surface area contributed by atoms with Gasteiger partial charge in [-0.3, -0.25) is 9.48 Å². The number of benzene rings is 1. The number of aromatic nitrogens is 2. The first-order valence-electron chi connectivity index (χ1n) is 9.09. The Hall–Kier alpha value is -2.30. The molecule has 2 aromatic rings. The third-order valence-electron chi connectivity index (χ3n) is 4.64. The van der Waals surface area contributed by atoms with E-state index >= 15 is 0 Å². The number of carbonyl (C=O) groups is 1. The molecule has 0 radical (unpaired) electrons. The van der Waals surface area contributed by atoms with Crippen molar-refractivity contribution in [3.8, 4) is 5.75 Å². The van der Waals surface area contributed by atoms with E-state index in [-0.39, 0.29) is 11.9 Å². The molecule has 2 heterocycles. The molecule has 5 heteroatoms. The second-order valence-electron chi connectivity index (χ2n) is 7.09. The summed E-state index contributed by atoms with van der Waals surface area (Å²) in [5.74, 6) is 1.35. The number of rotatable bonds is 5. The van der Waals surface area contributed by atoms with E-state index in [1.165, 1.54) is 0 Å². The summed E-state index contributed by atoms with van der Waals surface area (Å²) in [4.78, 5) is 12.9. The molecular formula is C20H27N3O2. The number of hydrogen-bond acceptors (Lipinski definition) is 3. The van der Waals surface area contributed by atoms with Crippen LogP contribution in [0.25, 0.3) is 0 Å². The number of ether oxygens (including phenoxy) is 1. The van der Waals surface area contributed by atoms with Crippen LogP contribution in [0.4, 0.5) is 0 Å². The van der Waals surface area contributed by atoms with E-state index in [0.717, 1.165) is 42.0 Å². The first-order chi connectivity index (χ1) is 12.0. The van der Waals surface area contributed by atoms with E-state index < -0.39 is 0 Å². The molecule has 1 N–H and O–H groups in total. The molecule has 0 saturated heterocycles. The molecule has 1 atom stereocenters. The number of nitrogens with zero attached hydrogens (tertiary/aromatic N) is 2. The Morgan fingerprint density at radius 2 is 2.24 bits per heavy atom. The van der Waals surface area contributed by atoms with E-state index in [1.807, 2.05) is 29.8 Å². The van der Waals surface area contributed by atoms with E-state index in [0.29, 0.717) is 18.1 Å². The zero-order valence-corrected chi connectivity index (χ0v) is 15.5. The van der Waals surface area contributed by atoms with Gasteiger partial charge >= 0.3 is 0 Å². The lowest BCUT2D eigenvalue weighted by atomic mass is 9.97. The summed E-state index contributed by atoms with van der Waals surface area (Å²) < 4.78 is 7.76. The highest BCUT2D eigenvalue weighted by atomic mass is 16.5. The molecule has 1 aromatic heterocycles. The summed E-state index contributed by atoms with van der Waals surface area (Å²) in [6.07, 6.45) is 3.27. The fourth-order valence-corrected chi connectivity index (χ4v) is 3.44. The molecular weight excluding hydrogens is 314 g/mol. The van der Waals surface area contributed by atoms with Crippen molar-refractivity contribution in [3.63, 3.8) is 0 Å². The summed E-state index contributed by atoms with van der Waals surface area (Å²) in [5.41, 5.74) is 3.86. The second kappa shape index (κ2) is 7.30. The van der Waals surface area contributed by atoms with Gasteiger partial charge < -0.3 is 10.1 Å². The van der Waals surface area contributed by atoms with Crippen LogP contribution in [0.3, 0.4) is 0 Å². The maximum Gasteiger partial charge on any atom is 0.255 e. The molecule has 0 fully saturated rings. The van der Waals surface area contributed by atoms with Crippen LogP contribution in [0.5, 0.6) is 5.75 Å². The lowest BCUT2D eigenvalue weighted by molar-refractivity contribution is 0.0923. The first kappa shape index (κ1) is 17.5. The summed E-state index contributed by atoms with van der Waals surface area (Å²) in [6, 6.07) is 6.07. The van der Waals surface area contributed by atoms with Gasteiger partial charge in [-0.05, 0) is 24.8 Å². The average molecular weight is 341 g/mol. The number of nitrogens with one attached hydrogen (secondary N) is 1. The quantitative estimate of drug-likeness (QED) is 0.903. The maximum absolute atomic E-state index is 12.9. The van der Waals surface area contributed by atoms with Gasteiger partial charge in [-0.1, -0.05) is 39.0 Å². The number of para-hydroxylation sites is 1. The molecule has 1 aromatic carbocycles. The zero-order valence-electron chi connectivity index (χ0n) is 15.5. The number of fused-ring (bicyclic) bond motifs is 1. The summed E-state index contributed by atoms with van der Waals surface area (Å²) >= 11 is 0. The standard InChI is InChI=1S/C20H27N3O2/c1-5-18-16(11-21-23(18)12-13(2)3)20(24)22-17-9-10-25-19-14(4)7-6-8-15(17)19/h6-8,11,13,17H,5,9-10,12H2,1-4H3,(H,22,24)/t17-/m1/s1. The van der Waals surface area contributed by atoms with E-state index in [4.69, 9.17) is 4.74 Å². The monoisotopic (exact) mass is 341 g/mol. The minimum absolute atomic E-state index is 0.0192. The minimum Gasteiger partial charge on any atom is -0.493 e. The molecule has 0 saturated carbocycles. The number of aryl methyl sites for hydroxylation is 1. The van der Waals surface area contributed by atoms with Crippen LogP contribution in [0, 0.1) is 12.8 Å². The van der Waals surface area contributed by atoms with Crippen molar-refractivity contribution < 1.29 is 9.53 Å². The lowest BCUT2D eigenvalue weighted by Gasteiger charge is -2.27. The summed E-state index contributed by atoms with van der Waals surface area (Å²) in [6.45, 7) is 9.86. The molecule has 0 bridgehead atoms. The van der Waals surface area contributed by atoms with Crippen molar-refractivity contribution in [3.05, 3.63) is 46.8 Å². The number of hydrogen-bond donors (Lipinski definition) is 1. The Bertz CT molecular complexity index is 764. The SMILES string of the molecule is CCc1c(C(=O)N[C@@H]2CCOc3c(C)cccc32)cnn1CC(C)C. The zero-order chi connectivity index (χ0) is 18.0. The van der Waals surface area contributed by atoms with Gasteiger partial charge in [0, 0.05) is 18.5 Å². The van der Waals surface area contributed by atoms with Gasteiger partial charge in [-0.15, -0.1) is 0 Å². The summed E-state index contributed by atoms with van der Waals surface area (Å²) in [5, 5.41) is 7.62. The highest BCUT2D eigenvalue weighted by Gasteiger charge is 2.26. The van der Waals surface area contributed by atoms with Gasteiger partial charge in [-0.2, -0.15) is 5.10 Å². The fourth-order valence-electron chi connectivity index (χ4n) is 3.44.